The average molecular weight is 428 g/mol. The number of hydrogen-bond donors (Lipinski definition) is 1. The van der Waals surface area contributed by atoms with Gasteiger partial charge < -0.3 is 9.47 Å². The predicted molar refractivity (Wildman–Crippen MR) is 113 cm³/mol. The third kappa shape index (κ3) is 5.36. The van der Waals surface area contributed by atoms with Crippen LogP contribution in [0.1, 0.15) is 16.7 Å². The van der Waals surface area contributed by atoms with Crippen molar-refractivity contribution in [1.82, 2.24) is 4.83 Å². The summed E-state index contributed by atoms with van der Waals surface area (Å²) in [6.07, 6.45) is 1.36. The molecular weight excluding hydrogens is 407 g/mol. The fraction of sp³-hybridized carbons (Fsp3) is 0.136. The Balaban J connectivity index is 1.68. The van der Waals surface area contributed by atoms with E-state index in [1.165, 1.54) is 31.5 Å². The fourth-order valence-electron chi connectivity index (χ4n) is 2.60. The molecule has 6 nitrogen and oxygen atoms in total. The first-order valence-corrected chi connectivity index (χ1v) is 10.5. The van der Waals surface area contributed by atoms with Crippen LogP contribution >= 0.6 is 0 Å². The van der Waals surface area contributed by atoms with Crippen molar-refractivity contribution in [2.75, 3.05) is 7.11 Å². The maximum atomic E-state index is 13.7. The predicted octanol–water partition coefficient (Wildman–Crippen LogP) is 4.03. The Labute approximate surface area is 175 Å². The second-order valence-corrected chi connectivity index (χ2v) is 8.12. The van der Waals surface area contributed by atoms with Crippen molar-refractivity contribution >= 4 is 16.2 Å². The summed E-state index contributed by atoms with van der Waals surface area (Å²) >= 11 is 0. The Bertz CT molecular complexity index is 1150. The minimum absolute atomic E-state index is 0.0484. The van der Waals surface area contributed by atoms with Gasteiger partial charge in [-0.05, 0) is 48.9 Å². The molecule has 8 heteroatoms. The molecule has 0 heterocycles. The van der Waals surface area contributed by atoms with Crippen LogP contribution in [0.4, 0.5) is 4.39 Å². The van der Waals surface area contributed by atoms with E-state index in [4.69, 9.17) is 9.47 Å². The Kier molecular flexibility index (Phi) is 6.68. The first-order valence-electron chi connectivity index (χ1n) is 9.05. The molecule has 3 aromatic rings. The van der Waals surface area contributed by atoms with Gasteiger partial charge in [0.25, 0.3) is 10.0 Å². The number of rotatable bonds is 8. The highest BCUT2D eigenvalue weighted by molar-refractivity contribution is 7.89. The number of benzene rings is 3. The molecule has 0 amide bonds. The zero-order valence-corrected chi connectivity index (χ0v) is 17.3. The zero-order valence-electron chi connectivity index (χ0n) is 16.5. The van der Waals surface area contributed by atoms with Crippen molar-refractivity contribution in [2.24, 2.45) is 5.10 Å². The standard InChI is InChI=1S/C22H21FN2O4S/c1-16-7-10-19(11-8-16)30(26,27)25-24-14-17-9-12-21(22(13-17)28-2)29-15-18-5-3-4-6-20(18)23/h3-14,25H,15H2,1-2H3/b24-14-. The van der Waals surface area contributed by atoms with E-state index in [-0.39, 0.29) is 17.3 Å². The van der Waals surface area contributed by atoms with Gasteiger partial charge in [-0.25, -0.2) is 9.22 Å². The van der Waals surface area contributed by atoms with Crippen molar-refractivity contribution in [1.29, 1.82) is 0 Å². The van der Waals surface area contributed by atoms with E-state index in [2.05, 4.69) is 9.93 Å². The first-order chi connectivity index (χ1) is 14.4. The van der Waals surface area contributed by atoms with E-state index in [1.807, 2.05) is 6.92 Å². The van der Waals surface area contributed by atoms with Gasteiger partial charge in [-0.1, -0.05) is 35.9 Å². The van der Waals surface area contributed by atoms with Crippen molar-refractivity contribution in [3.8, 4) is 11.5 Å². The van der Waals surface area contributed by atoms with Gasteiger partial charge in [-0.3, -0.25) is 0 Å². The van der Waals surface area contributed by atoms with E-state index in [0.717, 1.165) is 5.56 Å². The quantitative estimate of drug-likeness (QED) is 0.434. The smallest absolute Gasteiger partial charge is 0.276 e. The summed E-state index contributed by atoms with van der Waals surface area (Å²) in [6.45, 7) is 1.92. The highest BCUT2D eigenvalue weighted by Crippen LogP contribution is 2.28. The lowest BCUT2D eigenvalue weighted by molar-refractivity contribution is 0.279. The molecule has 0 saturated heterocycles. The molecule has 0 aliphatic rings. The Hall–Kier alpha value is -3.39. The Morgan fingerprint density at radius 3 is 2.47 bits per heavy atom. The fourth-order valence-corrected chi connectivity index (χ4v) is 3.39. The van der Waals surface area contributed by atoms with Crippen molar-refractivity contribution < 1.29 is 22.3 Å². The normalized spacial score (nSPS) is 11.4. The maximum Gasteiger partial charge on any atom is 0.276 e. The van der Waals surface area contributed by atoms with Gasteiger partial charge in [0, 0.05) is 5.56 Å². The lowest BCUT2D eigenvalue weighted by atomic mass is 10.2. The molecule has 0 aliphatic carbocycles. The van der Waals surface area contributed by atoms with Crippen LogP contribution in [0.25, 0.3) is 0 Å². The van der Waals surface area contributed by atoms with Crippen LogP contribution in [-0.4, -0.2) is 21.7 Å². The summed E-state index contributed by atoms with van der Waals surface area (Å²) < 4.78 is 49.2. The summed E-state index contributed by atoms with van der Waals surface area (Å²) in [4.78, 5) is 2.30. The van der Waals surface area contributed by atoms with E-state index in [1.54, 1.807) is 48.5 Å². The number of nitrogens with zero attached hydrogens (tertiary/aromatic N) is 1. The molecule has 3 aromatic carbocycles. The molecule has 156 valence electrons. The monoisotopic (exact) mass is 428 g/mol. The summed E-state index contributed by atoms with van der Waals surface area (Å²) in [5, 5.41) is 3.81. The highest BCUT2D eigenvalue weighted by atomic mass is 32.2. The minimum Gasteiger partial charge on any atom is -0.493 e. The largest absolute Gasteiger partial charge is 0.493 e. The van der Waals surface area contributed by atoms with Gasteiger partial charge in [-0.15, -0.1) is 0 Å². The van der Waals surface area contributed by atoms with Crippen molar-refractivity contribution in [3.63, 3.8) is 0 Å². The lowest BCUT2D eigenvalue weighted by Gasteiger charge is -2.11. The molecule has 1 N–H and O–H groups in total. The van der Waals surface area contributed by atoms with Gasteiger partial charge >= 0.3 is 0 Å². The van der Waals surface area contributed by atoms with Gasteiger partial charge in [0.1, 0.15) is 12.4 Å². The topological polar surface area (TPSA) is 77.0 Å². The molecular formula is C22H21FN2O4S. The van der Waals surface area contributed by atoms with Crippen LogP contribution in [0.3, 0.4) is 0 Å². The minimum atomic E-state index is -3.75. The van der Waals surface area contributed by atoms with Gasteiger partial charge in [0.15, 0.2) is 11.5 Å². The summed E-state index contributed by atoms with van der Waals surface area (Å²) in [5.74, 6) is 0.496. The van der Waals surface area contributed by atoms with Crippen LogP contribution in [0, 0.1) is 12.7 Å². The van der Waals surface area contributed by atoms with Crippen LogP contribution in [0.5, 0.6) is 11.5 Å². The van der Waals surface area contributed by atoms with Crippen LogP contribution < -0.4 is 14.3 Å². The number of methoxy groups -OCH3 is 1. The molecule has 0 spiro atoms. The number of nitrogens with one attached hydrogen (secondary N) is 1. The molecule has 0 atom stereocenters. The van der Waals surface area contributed by atoms with Crippen molar-refractivity contribution in [3.05, 3.63) is 89.2 Å². The van der Waals surface area contributed by atoms with E-state index in [0.29, 0.717) is 22.6 Å². The third-order valence-electron chi connectivity index (χ3n) is 4.25. The summed E-state index contributed by atoms with van der Waals surface area (Å²) in [6, 6.07) is 17.8. The SMILES string of the molecule is COc1cc(/C=N\NS(=O)(=O)c2ccc(C)cc2)ccc1OCc1ccccc1F. The molecule has 0 bridgehead atoms. The third-order valence-corrected chi connectivity index (χ3v) is 5.49. The second-order valence-electron chi connectivity index (χ2n) is 6.46. The first kappa shape index (κ1) is 21.3. The molecule has 3 rings (SSSR count). The summed E-state index contributed by atoms with van der Waals surface area (Å²) in [7, 11) is -2.28. The number of halogens is 1. The Morgan fingerprint density at radius 1 is 1.03 bits per heavy atom. The van der Waals surface area contributed by atoms with E-state index in [9.17, 15) is 12.8 Å². The van der Waals surface area contributed by atoms with E-state index < -0.39 is 10.0 Å². The average Bonchev–Trinajstić information content (AvgIpc) is 2.74. The number of sulfonamides is 1. The molecule has 0 aromatic heterocycles. The molecule has 0 fully saturated rings. The van der Waals surface area contributed by atoms with Gasteiger partial charge in [0.2, 0.25) is 0 Å². The van der Waals surface area contributed by atoms with Crippen LogP contribution in [0.15, 0.2) is 76.7 Å². The lowest BCUT2D eigenvalue weighted by Crippen LogP contribution is -2.18. The number of aryl methyl sites for hydroxylation is 1. The molecule has 0 unspecified atom stereocenters. The van der Waals surface area contributed by atoms with Crippen molar-refractivity contribution in [2.45, 2.75) is 18.4 Å². The van der Waals surface area contributed by atoms with Gasteiger partial charge in [0.05, 0.1) is 18.2 Å². The summed E-state index contributed by atoms with van der Waals surface area (Å²) in [5.41, 5.74) is 1.98. The molecule has 30 heavy (non-hydrogen) atoms. The Morgan fingerprint density at radius 2 is 1.77 bits per heavy atom. The maximum absolute atomic E-state index is 13.7. The number of hydrogen-bond acceptors (Lipinski definition) is 5. The second kappa shape index (κ2) is 9.41. The van der Waals surface area contributed by atoms with Crippen LogP contribution in [0.2, 0.25) is 0 Å². The highest BCUT2D eigenvalue weighted by Gasteiger charge is 2.12. The van der Waals surface area contributed by atoms with Gasteiger partial charge in [-0.2, -0.15) is 13.5 Å². The molecule has 0 aliphatic heterocycles. The molecule has 0 radical (unpaired) electrons. The number of ether oxygens (including phenoxy) is 2. The molecule has 0 saturated carbocycles. The number of hydrazone groups is 1. The van der Waals surface area contributed by atoms with Crippen LogP contribution in [-0.2, 0) is 16.6 Å². The van der Waals surface area contributed by atoms with E-state index >= 15 is 0 Å². The zero-order chi connectivity index (χ0) is 21.6.